The molecule has 1 aliphatic carbocycles. The fraction of sp³-hybridized carbons (Fsp3) is 0. The molecule has 0 spiro atoms. The van der Waals surface area contributed by atoms with Gasteiger partial charge in [-0.1, -0.05) is 36.4 Å². The zero-order chi connectivity index (χ0) is 16.5. The number of aliphatic hydroxyl groups excluding tert-OH is 1. The molecule has 0 atom stereocenters. The summed E-state index contributed by atoms with van der Waals surface area (Å²) in [6, 6.07) is 14.4. The number of ketones is 1. The molecular weight excluding hydrogens is 304 g/mol. The normalized spacial score (nSPS) is 13.8. The third kappa shape index (κ3) is 2.21. The van der Waals surface area contributed by atoms with Gasteiger partial charge in [0, 0.05) is 16.5 Å². The van der Waals surface area contributed by atoms with Gasteiger partial charge in [0.1, 0.15) is 12.1 Å². The van der Waals surface area contributed by atoms with Gasteiger partial charge in [0.15, 0.2) is 11.6 Å². The lowest BCUT2D eigenvalue weighted by atomic mass is 10.1. The smallest absolute Gasteiger partial charge is 0.199 e. The first-order chi connectivity index (χ1) is 11.8. The third-order valence-corrected chi connectivity index (χ3v) is 3.83. The molecule has 0 fully saturated rings. The zero-order valence-electron chi connectivity index (χ0n) is 12.5. The number of carbonyl (C=O) groups is 1. The Morgan fingerprint density at radius 3 is 2.58 bits per heavy atom. The first-order valence-electron chi connectivity index (χ1n) is 7.32. The zero-order valence-corrected chi connectivity index (χ0v) is 12.5. The van der Waals surface area contributed by atoms with E-state index in [2.05, 4.69) is 20.5 Å². The summed E-state index contributed by atoms with van der Waals surface area (Å²) in [6.45, 7) is 0. The highest BCUT2D eigenvalue weighted by Crippen LogP contribution is 2.29. The van der Waals surface area contributed by atoms with Gasteiger partial charge in [-0.05, 0) is 12.1 Å². The van der Waals surface area contributed by atoms with Crippen LogP contribution in [0.2, 0.25) is 0 Å². The average Bonchev–Trinajstić information content (AvgIpc) is 2.87. The van der Waals surface area contributed by atoms with E-state index in [4.69, 9.17) is 0 Å². The summed E-state index contributed by atoms with van der Waals surface area (Å²) in [5.74, 6) is 0.217. The molecule has 0 bridgehead atoms. The number of hydrazone groups is 1. The molecule has 1 aromatic heterocycles. The van der Waals surface area contributed by atoms with Crippen LogP contribution in [0.15, 0.2) is 65.5 Å². The van der Waals surface area contributed by atoms with Crippen molar-refractivity contribution in [3.8, 4) is 0 Å². The monoisotopic (exact) mass is 316 g/mol. The van der Waals surface area contributed by atoms with Gasteiger partial charge >= 0.3 is 0 Å². The third-order valence-electron chi connectivity index (χ3n) is 3.83. The molecule has 0 aliphatic heterocycles. The molecule has 24 heavy (non-hydrogen) atoms. The van der Waals surface area contributed by atoms with E-state index >= 15 is 0 Å². The minimum absolute atomic E-state index is 0.0614. The van der Waals surface area contributed by atoms with Crippen molar-refractivity contribution in [2.24, 2.45) is 5.10 Å². The number of rotatable bonds is 3. The highest BCUT2D eigenvalue weighted by Gasteiger charge is 2.27. The number of hydrogen-bond acceptors (Lipinski definition) is 6. The predicted octanol–water partition coefficient (Wildman–Crippen LogP) is 3.19. The van der Waals surface area contributed by atoms with Crippen molar-refractivity contribution in [3.63, 3.8) is 0 Å². The summed E-state index contributed by atoms with van der Waals surface area (Å²) in [5.41, 5.74) is 4.75. The molecule has 6 nitrogen and oxygen atoms in total. The molecule has 2 N–H and O–H groups in total. The number of aliphatic hydroxyl groups is 1. The van der Waals surface area contributed by atoms with Crippen molar-refractivity contribution in [1.82, 2.24) is 9.97 Å². The number of allylic oxidation sites excluding steroid dienone is 1. The number of fused-ring (bicyclic) bond motifs is 2. The molecule has 1 aliphatic rings. The molecule has 2 aromatic carbocycles. The number of hydrogen-bond donors (Lipinski definition) is 2. The Kier molecular flexibility index (Phi) is 3.28. The number of para-hydroxylation sites is 1. The molecule has 0 saturated heterocycles. The van der Waals surface area contributed by atoms with Crippen LogP contribution in [-0.4, -0.2) is 27.1 Å². The van der Waals surface area contributed by atoms with Crippen LogP contribution in [0.4, 0.5) is 5.82 Å². The molecule has 0 radical (unpaired) electrons. The Hall–Kier alpha value is -3.54. The Morgan fingerprint density at radius 1 is 1.00 bits per heavy atom. The number of aromatic nitrogens is 2. The van der Waals surface area contributed by atoms with Crippen LogP contribution in [-0.2, 0) is 0 Å². The summed E-state index contributed by atoms with van der Waals surface area (Å²) >= 11 is 0. The molecule has 0 saturated carbocycles. The predicted molar refractivity (Wildman–Crippen MR) is 92.0 cm³/mol. The van der Waals surface area contributed by atoms with Crippen molar-refractivity contribution < 1.29 is 9.90 Å². The first kappa shape index (κ1) is 14.1. The van der Waals surface area contributed by atoms with Gasteiger partial charge in [-0.15, -0.1) is 0 Å². The van der Waals surface area contributed by atoms with E-state index < -0.39 is 0 Å². The maximum absolute atomic E-state index is 12.3. The van der Waals surface area contributed by atoms with Crippen LogP contribution >= 0.6 is 0 Å². The van der Waals surface area contributed by atoms with Crippen molar-refractivity contribution in [2.75, 3.05) is 5.43 Å². The number of carbonyl (C=O) groups excluding carboxylic acids is 1. The quantitative estimate of drug-likeness (QED) is 0.572. The number of nitrogens with one attached hydrogen (secondary N) is 1. The fourth-order valence-electron chi connectivity index (χ4n) is 2.66. The second-order valence-corrected chi connectivity index (χ2v) is 5.25. The molecule has 1 heterocycles. The first-order valence-corrected chi connectivity index (χ1v) is 7.32. The van der Waals surface area contributed by atoms with Gasteiger partial charge in [-0.25, -0.2) is 9.97 Å². The van der Waals surface area contributed by atoms with Crippen molar-refractivity contribution in [2.45, 2.75) is 0 Å². The van der Waals surface area contributed by atoms with E-state index in [-0.39, 0.29) is 17.1 Å². The van der Waals surface area contributed by atoms with E-state index in [9.17, 15) is 9.90 Å². The van der Waals surface area contributed by atoms with E-state index in [0.717, 1.165) is 10.9 Å². The van der Waals surface area contributed by atoms with E-state index in [1.54, 1.807) is 24.3 Å². The Balaban J connectivity index is 1.63. The Morgan fingerprint density at radius 2 is 1.75 bits per heavy atom. The fourth-order valence-corrected chi connectivity index (χ4v) is 2.66. The highest BCUT2D eigenvalue weighted by atomic mass is 16.3. The molecule has 3 aromatic rings. The lowest BCUT2D eigenvalue weighted by Crippen LogP contribution is -2.02. The van der Waals surface area contributed by atoms with Gasteiger partial charge in [0.25, 0.3) is 0 Å². The minimum Gasteiger partial charge on any atom is -0.506 e. The number of anilines is 1. The van der Waals surface area contributed by atoms with Gasteiger partial charge < -0.3 is 5.11 Å². The maximum atomic E-state index is 12.3. The standard InChI is InChI=1S/C18H12N4O2/c23-16-11-5-1-2-6-12(11)17(24)14(16)9-21-22-18-13-7-3-4-8-15(13)19-10-20-18/h1-10,23H,(H,19,20,22)/b21-9+. The minimum atomic E-state index is -0.249. The number of Topliss-reactive ketones (excluding diaryl/α,β-unsaturated/α-hetero) is 1. The Labute approximate surface area is 137 Å². The Bertz CT molecular complexity index is 1020. The maximum Gasteiger partial charge on any atom is 0.199 e. The second kappa shape index (κ2) is 5.58. The van der Waals surface area contributed by atoms with E-state index in [1.165, 1.54) is 12.5 Å². The van der Waals surface area contributed by atoms with Crippen LogP contribution < -0.4 is 5.43 Å². The number of benzene rings is 2. The molecular formula is C18H12N4O2. The van der Waals surface area contributed by atoms with Gasteiger partial charge in [-0.3, -0.25) is 10.2 Å². The number of nitrogens with zero attached hydrogens (tertiary/aromatic N) is 3. The van der Waals surface area contributed by atoms with E-state index in [0.29, 0.717) is 16.9 Å². The largest absolute Gasteiger partial charge is 0.506 e. The van der Waals surface area contributed by atoms with Crippen LogP contribution in [0.5, 0.6) is 0 Å². The summed E-state index contributed by atoms with van der Waals surface area (Å²) in [7, 11) is 0. The highest BCUT2D eigenvalue weighted by molar-refractivity contribution is 6.30. The summed E-state index contributed by atoms with van der Waals surface area (Å²) in [6.07, 6.45) is 2.75. The van der Waals surface area contributed by atoms with E-state index in [1.807, 2.05) is 24.3 Å². The van der Waals surface area contributed by atoms with Crippen molar-refractivity contribution in [3.05, 3.63) is 71.6 Å². The molecule has 0 unspecified atom stereocenters. The summed E-state index contributed by atoms with van der Waals surface area (Å²) in [5, 5.41) is 15.1. The van der Waals surface area contributed by atoms with Gasteiger partial charge in [-0.2, -0.15) is 5.10 Å². The average molecular weight is 316 g/mol. The van der Waals surface area contributed by atoms with Crippen LogP contribution in [0.25, 0.3) is 16.7 Å². The van der Waals surface area contributed by atoms with Gasteiger partial charge in [0.05, 0.1) is 17.3 Å². The molecule has 4 rings (SSSR count). The van der Waals surface area contributed by atoms with Crippen LogP contribution in [0.1, 0.15) is 15.9 Å². The molecule has 6 heteroatoms. The van der Waals surface area contributed by atoms with Crippen molar-refractivity contribution >= 4 is 34.5 Å². The summed E-state index contributed by atoms with van der Waals surface area (Å²) in [4.78, 5) is 20.6. The lowest BCUT2D eigenvalue weighted by Gasteiger charge is -2.03. The van der Waals surface area contributed by atoms with Gasteiger partial charge in [0.2, 0.25) is 0 Å². The topological polar surface area (TPSA) is 87.5 Å². The van der Waals surface area contributed by atoms with Crippen LogP contribution in [0.3, 0.4) is 0 Å². The van der Waals surface area contributed by atoms with Crippen molar-refractivity contribution in [1.29, 1.82) is 0 Å². The lowest BCUT2D eigenvalue weighted by molar-refractivity contribution is 0.104. The molecule has 116 valence electrons. The SMILES string of the molecule is O=C1C(/C=N/Nc2ncnc3ccccc23)=C(O)c2ccccc21. The summed E-state index contributed by atoms with van der Waals surface area (Å²) < 4.78 is 0. The molecule has 0 amide bonds. The second-order valence-electron chi connectivity index (χ2n) is 5.25. The van der Waals surface area contributed by atoms with Crippen LogP contribution in [0, 0.1) is 0 Å².